The lowest BCUT2D eigenvalue weighted by Gasteiger charge is -2.24. The van der Waals surface area contributed by atoms with Crippen LogP contribution in [-0.4, -0.2) is 40.1 Å². The van der Waals surface area contributed by atoms with E-state index < -0.39 is 5.25 Å². The van der Waals surface area contributed by atoms with E-state index >= 15 is 0 Å². The second-order valence-corrected chi connectivity index (χ2v) is 9.85. The molecule has 2 aliphatic rings. The first-order valence-corrected chi connectivity index (χ1v) is 12.6. The number of nitrogens with zero attached hydrogens (tertiary/aromatic N) is 3. The lowest BCUT2D eigenvalue weighted by atomic mass is 9.98. The van der Waals surface area contributed by atoms with Gasteiger partial charge in [0, 0.05) is 24.1 Å². The number of ether oxygens (including phenoxy) is 1. The summed E-state index contributed by atoms with van der Waals surface area (Å²) < 4.78 is 5.63. The van der Waals surface area contributed by atoms with Gasteiger partial charge >= 0.3 is 0 Å². The first-order chi connectivity index (χ1) is 17.5. The Kier molecular flexibility index (Phi) is 6.86. The Labute approximate surface area is 214 Å². The van der Waals surface area contributed by atoms with E-state index in [1.165, 1.54) is 11.8 Å². The zero-order valence-electron chi connectivity index (χ0n) is 20.0. The number of benzene rings is 3. The predicted molar refractivity (Wildman–Crippen MR) is 143 cm³/mol. The number of aryl methyl sites for hydroxylation is 1. The molecule has 3 aromatic carbocycles. The third kappa shape index (κ3) is 5.04. The second kappa shape index (κ2) is 10.4. The summed E-state index contributed by atoms with van der Waals surface area (Å²) in [4.78, 5) is 29.8. The van der Waals surface area contributed by atoms with Gasteiger partial charge in [0.05, 0.1) is 18.9 Å². The van der Waals surface area contributed by atoms with E-state index in [0.717, 1.165) is 28.2 Å². The van der Waals surface area contributed by atoms with Gasteiger partial charge in [0.1, 0.15) is 11.0 Å². The van der Waals surface area contributed by atoms with Crippen LogP contribution < -0.4 is 10.1 Å². The molecule has 7 nitrogen and oxygen atoms in total. The molecule has 2 unspecified atom stereocenters. The highest BCUT2D eigenvalue weighted by Gasteiger charge is 2.40. The van der Waals surface area contributed by atoms with Gasteiger partial charge in [-0.2, -0.15) is 10.1 Å². The van der Waals surface area contributed by atoms with Crippen molar-refractivity contribution in [2.24, 2.45) is 10.1 Å². The largest absolute Gasteiger partial charge is 0.496 e. The number of hydrazone groups is 1. The minimum Gasteiger partial charge on any atom is -0.496 e. The maximum atomic E-state index is 12.8. The molecule has 0 aliphatic carbocycles. The number of amides is 2. The highest BCUT2D eigenvalue weighted by molar-refractivity contribution is 8.15. The van der Waals surface area contributed by atoms with Crippen molar-refractivity contribution in [3.63, 3.8) is 0 Å². The number of carbonyl (C=O) groups excluding carboxylic acids is 2. The number of hydrogen-bond acceptors (Lipinski definition) is 6. The van der Waals surface area contributed by atoms with Gasteiger partial charge in [-0.1, -0.05) is 72.4 Å². The Hall–Kier alpha value is -3.91. The smallest absolute Gasteiger partial charge is 0.262 e. The molecule has 2 amide bonds. The van der Waals surface area contributed by atoms with Crippen molar-refractivity contribution < 1.29 is 14.3 Å². The number of carbonyl (C=O) groups is 2. The third-order valence-electron chi connectivity index (χ3n) is 6.11. The third-order valence-corrected chi connectivity index (χ3v) is 7.25. The lowest BCUT2D eigenvalue weighted by molar-refractivity contribution is -0.121. The van der Waals surface area contributed by atoms with Crippen LogP contribution in [0.2, 0.25) is 0 Å². The molecule has 36 heavy (non-hydrogen) atoms. The summed E-state index contributed by atoms with van der Waals surface area (Å²) in [6, 6.07) is 25.2. The molecule has 5 rings (SSSR count). The van der Waals surface area contributed by atoms with E-state index in [-0.39, 0.29) is 24.3 Å². The number of thioether (sulfide) groups is 1. The number of hydrogen-bond donors (Lipinski definition) is 1. The van der Waals surface area contributed by atoms with Gasteiger partial charge in [-0.05, 0) is 36.2 Å². The maximum Gasteiger partial charge on any atom is 0.262 e. The average molecular weight is 499 g/mol. The molecule has 0 fully saturated rings. The lowest BCUT2D eigenvalue weighted by Crippen LogP contribution is -2.25. The minimum absolute atomic E-state index is 0.0346. The molecule has 0 bridgehead atoms. The van der Waals surface area contributed by atoms with E-state index in [0.29, 0.717) is 17.3 Å². The Bertz CT molecular complexity index is 1360. The summed E-state index contributed by atoms with van der Waals surface area (Å²) >= 11 is 1.28. The maximum absolute atomic E-state index is 12.8. The molecule has 2 atom stereocenters. The first kappa shape index (κ1) is 23.8. The molecule has 0 radical (unpaired) electrons. The number of anilines is 1. The van der Waals surface area contributed by atoms with Crippen molar-refractivity contribution in [3.8, 4) is 5.75 Å². The van der Waals surface area contributed by atoms with Crippen LogP contribution in [-0.2, 0) is 9.59 Å². The molecule has 1 N–H and O–H groups in total. The zero-order valence-corrected chi connectivity index (χ0v) is 20.9. The predicted octanol–water partition coefficient (Wildman–Crippen LogP) is 5.18. The molecule has 2 heterocycles. The van der Waals surface area contributed by atoms with E-state index in [2.05, 4.69) is 10.3 Å². The van der Waals surface area contributed by atoms with Crippen LogP contribution in [0, 0.1) is 6.92 Å². The normalized spacial score (nSPS) is 19.2. The molecule has 182 valence electrons. The van der Waals surface area contributed by atoms with Gasteiger partial charge in [0.15, 0.2) is 5.17 Å². The van der Waals surface area contributed by atoms with Gasteiger partial charge < -0.3 is 10.1 Å². The van der Waals surface area contributed by atoms with Crippen LogP contribution >= 0.6 is 11.8 Å². The van der Waals surface area contributed by atoms with Gasteiger partial charge in [-0.25, -0.2) is 5.01 Å². The summed E-state index contributed by atoms with van der Waals surface area (Å²) in [5.74, 6) is 0.205. The highest BCUT2D eigenvalue weighted by Crippen LogP contribution is 2.41. The number of para-hydroxylation sites is 1. The molecule has 0 spiro atoms. The van der Waals surface area contributed by atoms with Crippen molar-refractivity contribution in [1.29, 1.82) is 0 Å². The summed E-state index contributed by atoms with van der Waals surface area (Å²) in [5.41, 5.74) is 4.65. The number of nitrogens with one attached hydrogen (secondary N) is 1. The quantitative estimate of drug-likeness (QED) is 0.506. The standard InChI is InChI=1S/C28H26N4O3S/c1-18-9-8-12-20(15-18)29-26(33)17-25-27(34)30-28(36-25)32-23(21-13-6-7-14-24(21)35-2)16-22(31-32)19-10-4-3-5-11-19/h3-15,23,25H,16-17H2,1-2H3,(H,29,33). The number of methoxy groups -OCH3 is 1. The number of amidine groups is 1. The molecule has 8 heteroatoms. The van der Waals surface area contributed by atoms with Crippen molar-refractivity contribution in [1.82, 2.24) is 5.01 Å². The molecular weight excluding hydrogens is 472 g/mol. The SMILES string of the molecule is COc1ccccc1C1CC(c2ccccc2)=NN1C1=NC(=O)C(CC(=O)Nc2cccc(C)c2)S1. The van der Waals surface area contributed by atoms with Crippen LogP contribution in [0.3, 0.4) is 0 Å². The summed E-state index contributed by atoms with van der Waals surface area (Å²) in [7, 11) is 1.64. The van der Waals surface area contributed by atoms with E-state index in [1.54, 1.807) is 12.1 Å². The number of rotatable bonds is 6. The average Bonchev–Trinajstić information content (AvgIpc) is 3.48. The Morgan fingerprint density at radius 2 is 1.86 bits per heavy atom. The summed E-state index contributed by atoms with van der Waals surface area (Å²) in [5, 5.41) is 9.47. The van der Waals surface area contributed by atoms with Gasteiger partial charge in [0.25, 0.3) is 5.91 Å². The van der Waals surface area contributed by atoms with Crippen LogP contribution in [0.5, 0.6) is 5.75 Å². The fraction of sp³-hybridized carbons (Fsp3) is 0.214. The Morgan fingerprint density at radius 3 is 2.64 bits per heavy atom. The topological polar surface area (TPSA) is 83.4 Å². The second-order valence-electron chi connectivity index (χ2n) is 8.68. The summed E-state index contributed by atoms with van der Waals surface area (Å²) in [6.45, 7) is 1.96. The van der Waals surface area contributed by atoms with Crippen molar-refractivity contribution in [3.05, 3.63) is 95.6 Å². The molecule has 3 aromatic rings. The minimum atomic E-state index is -0.598. The van der Waals surface area contributed by atoms with Crippen molar-refractivity contribution >= 4 is 40.1 Å². The molecule has 0 aromatic heterocycles. The van der Waals surface area contributed by atoms with E-state index in [9.17, 15) is 9.59 Å². The monoisotopic (exact) mass is 498 g/mol. The van der Waals surface area contributed by atoms with Gasteiger partial charge in [0.2, 0.25) is 5.91 Å². The van der Waals surface area contributed by atoms with E-state index in [4.69, 9.17) is 9.84 Å². The van der Waals surface area contributed by atoms with Crippen LogP contribution in [0.25, 0.3) is 0 Å². The van der Waals surface area contributed by atoms with Crippen molar-refractivity contribution in [2.75, 3.05) is 12.4 Å². The van der Waals surface area contributed by atoms with Gasteiger partial charge in [-0.3, -0.25) is 9.59 Å². The highest BCUT2D eigenvalue weighted by atomic mass is 32.2. The van der Waals surface area contributed by atoms with Crippen LogP contribution in [0.1, 0.15) is 35.6 Å². The zero-order chi connectivity index (χ0) is 25.1. The van der Waals surface area contributed by atoms with Crippen LogP contribution in [0.15, 0.2) is 89.0 Å². The number of aliphatic imine (C=N–C) groups is 1. The Morgan fingerprint density at radius 1 is 1.08 bits per heavy atom. The van der Waals surface area contributed by atoms with Crippen molar-refractivity contribution in [2.45, 2.75) is 31.1 Å². The first-order valence-electron chi connectivity index (χ1n) is 11.7. The fourth-order valence-corrected chi connectivity index (χ4v) is 5.44. The van der Waals surface area contributed by atoms with Gasteiger partial charge in [-0.15, -0.1) is 0 Å². The fourth-order valence-electron chi connectivity index (χ4n) is 4.38. The molecule has 0 saturated carbocycles. The molecular formula is C28H26N4O3S. The van der Waals surface area contributed by atoms with Crippen LogP contribution in [0.4, 0.5) is 5.69 Å². The molecule has 2 aliphatic heterocycles. The summed E-state index contributed by atoms with van der Waals surface area (Å²) in [6.07, 6.45) is 0.670. The molecule has 0 saturated heterocycles. The Balaban J connectivity index is 1.37. The van der Waals surface area contributed by atoms with E-state index in [1.807, 2.05) is 85.8 Å².